The fourth-order valence-corrected chi connectivity index (χ4v) is 3.99. The second-order valence-corrected chi connectivity index (χ2v) is 8.60. The zero-order chi connectivity index (χ0) is 19.0. The number of rotatable bonds is 4. The standard InChI is InChI=1S/C20H21Cl2N3O2/c1-20(22)7-2-3-14(10-20)18(26)25-8-6-13(12-25)11-23-19-24-16-5-4-15(21)9-17(16)27-19/h2,4-5,7,9-10,13H,3,6,8,11-12H2,1H3,(H,23,24)/t13-,20?/m0/s1. The minimum absolute atomic E-state index is 0.0882. The smallest absolute Gasteiger partial charge is 0.295 e. The Bertz CT molecular complexity index is 932. The van der Waals surface area contributed by atoms with Gasteiger partial charge in [-0.15, -0.1) is 11.6 Å². The van der Waals surface area contributed by atoms with E-state index < -0.39 is 4.87 Å². The summed E-state index contributed by atoms with van der Waals surface area (Å²) < 4.78 is 5.68. The first kappa shape index (κ1) is 18.4. The molecular formula is C20H21Cl2N3O2. The highest BCUT2D eigenvalue weighted by Crippen LogP contribution is 2.29. The van der Waals surface area contributed by atoms with Crippen LogP contribution in [-0.2, 0) is 4.79 Å². The number of hydrogen-bond acceptors (Lipinski definition) is 4. The van der Waals surface area contributed by atoms with Gasteiger partial charge in [0.05, 0.1) is 4.87 Å². The minimum atomic E-state index is -0.570. The van der Waals surface area contributed by atoms with Gasteiger partial charge in [0.2, 0.25) is 5.91 Å². The molecule has 2 heterocycles. The van der Waals surface area contributed by atoms with Crippen molar-refractivity contribution >= 4 is 46.2 Å². The average Bonchev–Trinajstić information content (AvgIpc) is 3.24. The first-order valence-corrected chi connectivity index (χ1v) is 9.83. The number of anilines is 1. The first-order chi connectivity index (χ1) is 12.9. The second-order valence-electron chi connectivity index (χ2n) is 7.35. The van der Waals surface area contributed by atoms with E-state index in [1.807, 2.05) is 36.1 Å². The lowest BCUT2D eigenvalue weighted by atomic mass is 9.97. The number of alkyl halides is 1. The van der Waals surface area contributed by atoms with Gasteiger partial charge in [0.15, 0.2) is 5.58 Å². The van der Waals surface area contributed by atoms with Gasteiger partial charge >= 0.3 is 0 Å². The number of fused-ring (bicyclic) bond motifs is 1. The average molecular weight is 406 g/mol. The van der Waals surface area contributed by atoms with Gasteiger partial charge in [-0.1, -0.05) is 29.8 Å². The number of oxazole rings is 1. The summed E-state index contributed by atoms with van der Waals surface area (Å²) in [5.74, 6) is 0.444. The largest absolute Gasteiger partial charge is 0.424 e. The third-order valence-electron chi connectivity index (χ3n) is 4.98. The van der Waals surface area contributed by atoms with Gasteiger partial charge in [-0.2, -0.15) is 4.98 Å². The predicted molar refractivity (Wildman–Crippen MR) is 108 cm³/mol. The molecule has 27 heavy (non-hydrogen) atoms. The number of nitrogens with one attached hydrogen (secondary N) is 1. The predicted octanol–water partition coefficient (Wildman–Crippen LogP) is 4.63. The van der Waals surface area contributed by atoms with Crippen LogP contribution in [0.5, 0.6) is 0 Å². The first-order valence-electron chi connectivity index (χ1n) is 9.07. The maximum absolute atomic E-state index is 12.8. The Morgan fingerprint density at radius 2 is 2.33 bits per heavy atom. The van der Waals surface area contributed by atoms with Crippen LogP contribution in [0.1, 0.15) is 19.8 Å². The van der Waals surface area contributed by atoms with E-state index >= 15 is 0 Å². The van der Waals surface area contributed by atoms with Gasteiger partial charge in [-0.3, -0.25) is 4.79 Å². The van der Waals surface area contributed by atoms with E-state index in [2.05, 4.69) is 10.3 Å². The van der Waals surface area contributed by atoms with Crippen molar-refractivity contribution in [3.05, 3.63) is 47.0 Å². The highest BCUT2D eigenvalue weighted by molar-refractivity contribution is 6.31. The molecule has 1 amide bonds. The summed E-state index contributed by atoms with van der Waals surface area (Å²) in [6, 6.07) is 5.86. The molecule has 2 aromatic rings. The summed E-state index contributed by atoms with van der Waals surface area (Å²) in [5.41, 5.74) is 2.21. The van der Waals surface area contributed by atoms with E-state index in [9.17, 15) is 4.79 Å². The monoisotopic (exact) mass is 405 g/mol. The summed E-state index contributed by atoms with van der Waals surface area (Å²) >= 11 is 12.3. The van der Waals surface area contributed by atoms with Crippen LogP contribution in [0.3, 0.4) is 0 Å². The van der Waals surface area contributed by atoms with Crippen LogP contribution in [0.25, 0.3) is 11.1 Å². The Labute approximate surface area is 168 Å². The Balaban J connectivity index is 1.34. The number of benzene rings is 1. The number of allylic oxidation sites excluding steroid dienone is 3. The SMILES string of the molecule is CC1(Cl)C=CCC(C(=O)N2CC[C@@H](CNc3nc4ccc(Cl)cc4o3)C2)=C1. The van der Waals surface area contributed by atoms with Crippen LogP contribution in [0.2, 0.25) is 5.02 Å². The molecule has 1 N–H and O–H groups in total. The summed E-state index contributed by atoms with van der Waals surface area (Å²) in [6.45, 7) is 4.07. The Morgan fingerprint density at radius 3 is 3.15 bits per heavy atom. The number of halogens is 2. The highest BCUT2D eigenvalue weighted by Gasteiger charge is 2.30. The van der Waals surface area contributed by atoms with Crippen LogP contribution in [0.4, 0.5) is 6.01 Å². The molecule has 7 heteroatoms. The fraction of sp³-hybridized carbons (Fsp3) is 0.400. The number of carbonyl (C=O) groups is 1. The third kappa shape index (κ3) is 4.14. The van der Waals surface area contributed by atoms with Crippen molar-refractivity contribution in [1.82, 2.24) is 9.88 Å². The lowest BCUT2D eigenvalue weighted by Gasteiger charge is -2.23. The molecule has 0 radical (unpaired) electrons. The van der Waals surface area contributed by atoms with Crippen LogP contribution < -0.4 is 5.32 Å². The van der Waals surface area contributed by atoms with Crippen LogP contribution in [0.15, 0.2) is 46.4 Å². The molecule has 1 aromatic heterocycles. The summed E-state index contributed by atoms with van der Waals surface area (Å²) in [4.78, 5) is 18.5. The molecule has 1 aliphatic carbocycles. The van der Waals surface area contributed by atoms with Crippen LogP contribution in [-0.4, -0.2) is 40.3 Å². The van der Waals surface area contributed by atoms with Crippen LogP contribution in [0, 0.1) is 5.92 Å². The molecule has 142 valence electrons. The molecule has 1 fully saturated rings. The normalized spacial score (nSPS) is 25.1. The lowest BCUT2D eigenvalue weighted by molar-refractivity contribution is -0.126. The maximum atomic E-state index is 12.8. The molecule has 0 bridgehead atoms. The van der Waals surface area contributed by atoms with E-state index in [-0.39, 0.29) is 5.91 Å². The molecular weight excluding hydrogens is 385 g/mol. The zero-order valence-corrected chi connectivity index (χ0v) is 16.6. The molecule has 1 saturated heterocycles. The number of hydrogen-bond donors (Lipinski definition) is 1. The van der Waals surface area contributed by atoms with Gasteiger partial charge in [0.25, 0.3) is 6.01 Å². The van der Waals surface area contributed by atoms with Crippen molar-refractivity contribution in [2.75, 3.05) is 25.0 Å². The number of nitrogens with zero attached hydrogens (tertiary/aromatic N) is 2. The molecule has 0 spiro atoms. The highest BCUT2D eigenvalue weighted by atomic mass is 35.5. The van der Waals surface area contributed by atoms with Crippen molar-refractivity contribution < 1.29 is 9.21 Å². The van der Waals surface area contributed by atoms with E-state index in [4.69, 9.17) is 27.6 Å². The molecule has 2 atom stereocenters. The van der Waals surface area contributed by atoms with Crippen molar-refractivity contribution in [1.29, 1.82) is 0 Å². The van der Waals surface area contributed by atoms with E-state index in [1.165, 1.54) is 0 Å². The van der Waals surface area contributed by atoms with Crippen molar-refractivity contribution in [2.45, 2.75) is 24.6 Å². The molecule has 5 nitrogen and oxygen atoms in total. The quantitative estimate of drug-likeness (QED) is 0.595. The summed E-state index contributed by atoms with van der Waals surface area (Å²) in [7, 11) is 0. The lowest BCUT2D eigenvalue weighted by Crippen LogP contribution is -2.32. The van der Waals surface area contributed by atoms with Gasteiger partial charge in [-0.25, -0.2) is 0 Å². The number of carbonyl (C=O) groups excluding carboxylic acids is 1. The number of aromatic nitrogens is 1. The van der Waals surface area contributed by atoms with Crippen molar-refractivity contribution in [3.63, 3.8) is 0 Å². The Morgan fingerprint density at radius 1 is 1.48 bits per heavy atom. The molecule has 1 aliphatic heterocycles. The van der Waals surface area contributed by atoms with Crippen molar-refractivity contribution in [2.24, 2.45) is 5.92 Å². The number of amides is 1. The second kappa shape index (κ2) is 7.21. The topological polar surface area (TPSA) is 58.4 Å². The van der Waals surface area contributed by atoms with E-state index in [1.54, 1.807) is 12.1 Å². The third-order valence-corrected chi connectivity index (χ3v) is 5.45. The zero-order valence-electron chi connectivity index (χ0n) is 15.0. The number of likely N-dealkylation sites (tertiary alicyclic amines) is 1. The fourth-order valence-electron chi connectivity index (χ4n) is 3.61. The summed E-state index contributed by atoms with van der Waals surface area (Å²) in [6.07, 6.45) is 7.36. The van der Waals surface area contributed by atoms with Gasteiger partial charge in [-0.05, 0) is 37.8 Å². The van der Waals surface area contributed by atoms with Gasteiger partial charge in [0, 0.05) is 36.3 Å². The van der Waals surface area contributed by atoms with Gasteiger partial charge in [0.1, 0.15) is 5.52 Å². The molecule has 1 unspecified atom stereocenters. The van der Waals surface area contributed by atoms with E-state index in [0.717, 1.165) is 30.6 Å². The summed E-state index contributed by atoms with van der Waals surface area (Å²) in [5, 5.41) is 3.86. The minimum Gasteiger partial charge on any atom is -0.424 e. The Hall–Kier alpha value is -1.98. The molecule has 2 aliphatic rings. The maximum Gasteiger partial charge on any atom is 0.295 e. The van der Waals surface area contributed by atoms with Crippen LogP contribution >= 0.6 is 23.2 Å². The molecule has 4 rings (SSSR count). The van der Waals surface area contributed by atoms with Crippen molar-refractivity contribution in [3.8, 4) is 0 Å². The molecule has 0 saturated carbocycles. The van der Waals surface area contributed by atoms with E-state index in [0.29, 0.717) is 35.5 Å². The van der Waals surface area contributed by atoms with Gasteiger partial charge < -0.3 is 14.6 Å². The Kier molecular flexibility index (Phi) is 4.91. The molecule has 1 aromatic carbocycles.